The van der Waals surface area contributed by atoms with E-state index in [2.05, 4.69) is 15.6 Å². The molecule has 0 aromatic carbocycles. The second-order valence-electron chi connectivity index (χ2n) is 5.50. The first-order chi connectivity index (χ1) is 11.7. The molecule has 2 aromatic heterocycles. The summed E-state index contributed by atoms with van der Waals surface area (Å²) >= 11 is 0. The summed E-state index contributed by atoms with van der Waals surface area (Å²) < 4.78 is 39.9. The first kappa shape index (κ1) is 18.8. The van der Waals surface area contributed by atoms with Crippen LogP contribution in [0.1, 0.15) is 42.0 Å². The van der Waals surface area contributed by atoms with Crippen molar-refractivity contribution in [2.24, 2.45) is 0 Å². The lowest BCUT2D eigenvalue weighted by Crippen LogP contribution is -2.30. The number of aryl methyl sites for hydroxylation is 1. The Morgan fingerprint density at radius 3 is 2.48 bits per heavy atom. The monoisotopic (exact) mass is 356 g/mol. The van der Waals surface area contributed by atoms with Crippen molar-refractivity contribution in [1.29, 1.82) is 0 Å². The van der Waals surface area contributed by atoms with Gasteiger partial charge in [-0.15, -0.1) is 0 Å². The van der Waals surface area contributed by atoms with Crippen molar-refractivity contribution in [2.75, 3.05) is 13.1 Å². The number of hydrogen-bond acceptors (Lipinski definition) is 3. The van der Waals surface area contributed by atoms with Crippen LogP contribution in [0.3, 0.4) is 0 Å². The third kappa shape index (κ3) is 4.49. The van der Waals surface area contributed by atoms with Crippen LogP contribution in [0.4, 0.5) is 13.2 Å². The summed E-state index contributed by atoms with van der Waals surface area (Å²) in [5.41, 5.74) is -0.0326. The van der Waals surface area contributed by atoms with Crippen molar-refractivity contribution < 1.29 is 22.8 Å². The lowest BCUT2D eigenvalue weighted by molar-refractivity contribution is -0.137. The molecule has 25 heavy (non-hydrogen) atoms. The second-order valence-corrected chi connectivity index (χ2v) is 5.50. The molecule has 2 heterocycles. The van der Waals surface area contributed by atoms with Crippen molar-refractivity contribution >= 4 is 17.5 Å². The van der Waals surface area contributed by atoms with Gasteiger partial charge >= 0.3 is 6.18 Å². The molecule has 0 bridgehead atoms. The zero-order valence-corrected chi connectivity index (χ0v) is 13.9. The molecule has 0 aliphatic rings. The maximum Gasteiger partial charge on any atom is 0.417 e. The van der Waals surface area contributed by atoms with Crippen molar-refractivity contribution in [3.63, 3.8) is 0 Å². The summed E-state index contributed by atoms with van der Waals surface area (Å²) in [5, 5.41) is 5.25. The molecule has 2 rings (SSSR count). The molecule has 0 saturated carbocycles. The highest BCUT2D eigenvalue weighted by atomic mass is 19.4. The van der Waals surface area contributed by atoms with E-state index in [4.69, 9.17) is 0 Å². The average Bonchev–Trinajstić information content (AvgIpc) is 2.90. The molecule has 0 aliphatic heterocycles. The molecule has 2 amide bonds. The Morgan fingerprint density at radius 2 is 1.88 bits per heavy atom. The zero-order chi connectivity index (χ0) is 18.6. The quantitative estimate of drug-likeness (QED) is 0.779. The van der Waals surface area contributed by atoms with Crippen LogP contribution in [0.15, 0.2) is 18.3 Å². The van der Waals surface area contributed by atoms with Crippen LogP contribution >= 0.6 is 0 Å². The van der Waals surface area contributed by atoms with Gasteiger partial charge in [0.05, 0.1) is 11.3 Å². The van der Waals surface area contributed by atoms with Crippen LogP contribution < -0.4 is 10.6 Å². The molecule has 0 radical (unpaired) electrons. The normalized spacial score (nSPS) is 11.6. The molecule has 6 nitrogen and oxygen atoms in total. The van der Waals surface area contributed by atoms with Crippen molar-refractivity contribution in [3.05, 3.63) is 35.3 Å². The first-order valence-electron chi connectivity index (χ1n) is 7.84. The Hall–Kier alpha value is -2.58. The first-order valence-corrected chi connectivity index (χ1v) is 7.84. The number of carbonyl (C=O) groups excluding carboxylic acids is 2. The summed E-state index contributed by atoms with van der Waals surface area (Å²) in [6.07, 6.45) is -2.69. The van der Waals surface area contributed by atoms with Gasteiger partial charge < -0.3 is 10.6 Å². The molecular formula is C16H19F3N4O2. The van der Waals surface area contributed by atoms with Crippen LogP contribution in [0.5, 0.6) is 0 Å². The Kier molecular flexibility index (Phi) is 5.66. The third-order valence-electron chi connectivity index (χ3n) is 3.58. The van der Waals surface area contributed by atoms with Gasteiger partial charge in [0.15, 0.2) is 0 Å². The molecule has 2 N–H and O–H groups in total. The molecule has 0 fully saturated rings. The van der Waals surface area contributed by atoms with Crippen LogP contribution in [0.25, 0.3) is 5.65 Å². The number of hydrogen-bond donors (Lipinski definition) is 2. The van der Waals surface area contributed by atoms with Gasteiger partial charge in [0.1, 0.15) is 11.3 Å². The number of alkyl halides is 3. The summed E-state index contributed by atoms with van der Waals surface area (Å²) in [6, 6.07) is 2.19. The molecule has 136 valence electrons. The van der Waals surface area contributed by atoms with E-state index >= 15 is 0 Å². The fraction of sp³-hybridized carbons (Fsp3) is 0.438. The highest BCUT2D eigenvalue weighted by Gasteiger charge is 2.31. The van der Waals surface area contributed by atoms with Crippen LogP contribution in [0.2, 0.25) is 0 Å². The van der Waals surface area contributed by atoms with E-state index in [-0.39, 0.29) is 23.8 Å². The van der Waals surface area contributed by atoms with Gasteiger partial charge in [-0.05, 0) is 25.0 Å². The highest BCUT2D eigenvalue weighted by Crippen LogP contribution is 2.29. The average molecular weight is 356 g/mol. The predicted octanol–water partition coefficient (Wildman–Crippen LogP) is 2.17. The molecule has 0 aliphatic carbocycles. The summed E-state index contributed by atoms with van der Waals surface area (Å²) in [6.45, 7) is 3.86. The number of pyridine rings is 1. The van der Waals surface area contributed by atoms with Crippen molar-refractivity contribution in [1.82, 2.24) is 20.0 Å². The van der Waals surface area contributed by atoms with Crippen molar-refractivity contribution in [2.45, 2.75) is 32.9 Å². The largest absolute Gasteiger partial charge is 0.417 e. The SMILES string of the molecule is CCc1nc2ccc(C(F)(F)F)cn2c1C(=O)NCCCNC(C)=O. The number of halogens is 3. The summed E-state index contributed by atoms with van der Waals surface area (Å²) in [4.78, 5) is 27.4. The van der Waals surface area contributed by atoms with Gasteiger partial charge in [0.25, 0.3) is 5.91 Å². The number of aromatic nitrogens is 2. The Balaban J connectivity index is 2.22. The van der Waals surface area contributed by atoms with E-state index in [1.54, 1.807) is 6.92 Å². The molecular weight excluding hydrogens is 337 g/mol. The minimum absolute atomic E-state index is 0.100. The lowest BCUT2D eigenvalue weighted by Gasteiger charge is -2.09. The number of rotatable bonds is 6. The fourth-order valence-electron chi connectivity index (χ4n) is 2.39. The molecule has 9 heteroatoms. The van der Waals surface area contributed by atoms with E-state index < -0.39 is 17.6 Å². The predicted molar refractivity (Wildman–Crippen MR) is 85.2 cm³/mol. The van der Waals surface area contributed by atoms with Gasteiger partial charge in [-0.2, -0.15) is 13.2 Å². The number of fused-ring (bicyclic) bond motifs is 1. The van der Waals surface area contributed by atoms with Gasteiger partial charge in [-0.1, -0.05) is 6.92 Å². The standard InChI is InChI=1S/C16H19F3N4O2/c1-3-12-14(15(25)21-8-4-7-20-10(2)24)23-9-11(16(17,18)19)5-6-13(23)22-12/h5-6,9H,3-4,7-8H2,1-2H3,(H,20,24)(H,21,25). The van der Waals surface area contributed by atoms with E-state index in [1.165, 1.54) is 17.4 Å². The molecule has 0 unspecified atom stereocenters. The molecule has 0 atom stereocenters. The summed E-state index contributed by atoms with van der Waals surface area (Å²) in [7, 11) is 0. The van der Waals surface area contributed by atoms with Crippen LogP contribution in [-0.2, 0) is 17.4 Å². The number of nitrogens with zero attached hydrogens (tertiary/aromatic N) is 2. The minimum Gasteiger partial charge on any atom is -0.356 e. The Bertz CT molecular complexity index is 784. The van der Waals surface area contributed by atoms with Crippen molar-refractivity contribution in [3.8, 4) is 0 Å². The fourth-order valence-corrected chi connectivity index (χ4v) is 2.39. The summed E-state index contributed by atoms with van der Waals surface area (Å²) in [5.74, 6) is -0.660. The number of nitrogens with one attached hydrogen (secondary N) is 2. The third-order valence-corrected chi connectivity index (χ3v) is 3.58. The second kappa shape index (κ2) is 7.54. The Labute approximate surface area is 142 Å². The van der Waals surface area contributed by atoms with Gasteiger partial charge in [-0.3, -0.25) is 14.0 Å². The zero-order valence-electron chi connectivity index (χ0n) is 13.9. The van der Waals surface area contributed by atoms with Gasteiger partial charge in [0.2, 0.25) is 5.91 Å². The Morgan fingerprint density at radius 1 is 1.20 bits per heavy atom. The van der Waals surface area contributed by atoms with Crippen LogP contribution in [-0.4, -0.2) is 34.3 Å². The molecule has 0 saturated heterocycles. The van der Waals surface area contributed by atoms with E-state index in [0.717, 1.165) is 12.3 Å². The topological polar surface area (TPSA) is 75.5 Å². The number of imidazole rings is 1. The van der Waals surface area contributed by atoms with Crippen LogP contribution in [0, 0.1) is 0 Å². The smallest absolute Gasteiger partial charge is 0.356 e. The van der Waals surface area contributed by atoms with E-state index in [0.29, 0.717) is 25.1 Å². The minimum atomic E-state index is -4.50. The van der Waals surface area contributed by atoms with Gasteiger partial charge in [-0.25, -0.2) is 4.98 Å². The number of carbonyl (C=O) groups is 2. The van der Waals surface area contributed by atoms with E-state index in [9.17, 15) is 22.8 Å². The van der Waals surface area contributed by atoms with Gasteiger partial charge in [0, 0.05) is 26.2 Å². The highest BCUT2D eigenvalue weighted by molar-refractivity contribution is 5.94. The molecule has 2 aromatic rings. The lowest BCUT2D eigenvalue weighted by atomic mass is 10.2. The maximum absolute atomic E-state index is 12.9. The van der Waals surface area contributed by atoms with E-state index in [1.807, 2.05) is 0 Å². The maximum atomic E-state index is 12.9. The molecule has 0 spiro atoms. The number of amides is 2.